The number of hydrogen-bond donors (Lipinski definition) is 8. The second-order valence-corrected chi connectivity index (χ2v) is 6.51. The molecule has 13 nitrogen and oxygen atoms in total. The van der Waals surface area contributed by atoms with Gasteiger partial charge in [0.2, 0.25) is 17.7 Å². The van der Waals surface area contributed by atoms with E-state index in [0.717, 1.165) is 6.42 Å². The Kier molecular flexibility index (Phi) is 10.4. The van der Waals surface area contributed by atoms with E-state index in [1.807, 2.05) is 0 Å². The summed E-state index contributed by atoms with van der Waals surface area (Å²) in [6.45, 7) is -0.390. The maximum atomic E-state index is 12.4. The second-order valence-electron chi connectivity index (χ2n) is 6.51. The Labute approximate surface area is 167 Å². The molecule has 0 radical (unpaired) electrons. The molecule has 1 aliphatic heterocycles. The van der Waals surface area contributed by atoms with Crippen LogP contribution in [0.25, 0.3) is 0 Å². The maximum absolute atomic E-state index is 12.4. The number of carboxylic acid groups (broad SMARTS) is 1. The van der Waals surface area contributed by atoms with Crippen molar-refractivity contribution in [2.75, 3.05) is 26.2 Å². The number of carbonyl (C=O) groups is 4. The largest absolute Gasteiger partial charge is 0.480 e. The Morgan fingerprint density at radius 1 is 1.14 bits per heavy atom. The molecule has 0 saturated carbocycles. The molecule has 0 spiro atoms. The third-order valence-corrected chi connectivity index (χ3v) is 4.18. The van der Waals surface area contributed by atoms with Crippen molar-refractivity contribution >= 4 is 29.7 Å². The predicted octanol–water partition coefficient (Wildman–Crippen LogP) is -4.05. The first-order valence-corrected chi connectivity index (χ1v) is 9.24. The van der Waals surface area contributed by atoms with Crippen molar-refractivity contribution in [3.63, 3.8) is 0 Å². The SMILES string of the molecule is NC(N)=NCCC[C@H](NC(=O)[C@H](CO)NC(=O)[C@@H]1CCCN1)C(=O)NCC(=O)O. The van der Waals surface area contributed by atoms with Crippen LogP contribution in [0, 0.1) is 0 Å². The molecule has 0 aliphatic carbocycles. The number of nitrogens with one attached hydrogen (secondary N) is 4. The number of rotatable bonds is 12. The van der Waals surface area contributed by atoms with Gasteiger partial charge in [-0.05, 0) is 32.2 Å². The molecule has 13 heteroatoms. The number of carbonyl (C=O) groups excluding carboxylic acids is 3. The molecule has 164 valence electrons. The van der Waals surface area contributed by atoms with E-state index in [4.69, 9.17) is 16.6 Å². The zero-order valence-electron chi connectivity index (χ0n) is 16.0. The summed E-state index contributed by atoms with van der Waals surface area (Å²) >= 11 is 0. The highest BCUT2D eigenvalue weighted by Gasteiger charge is 2.29. The van der Waals surface area contributed by atoms with E-state index in [0.29, 0.717) is 19.4 Å². The lowest BCUT2D eigenvalue weighted by Gasteiger charge is -2.23. The van der Waals surface area contributed by atoms with E-state index in [2.05, 4.69) is 26.3 Å². The lowest BCUT2D eigenvalue weighted by atomic mass is 10.1. The van der Waals surface area contributed by atoms with Crippen molar-refractivity contribution in [3.8, 4) is 0 Å². The van der Waals surface area contributed by atoms with Crippen LogP contribution >= 0.6 is 0 Å². The minimum absolute atomic E-state index is 0.115. The number of amides is 3. The number of carboxylic acids is 1. The summed E-state index contributed by atoms with van der Waals surface area (Å²) in [5.41, 5.74) is 10.5. The van der Waals surface area contributed by atoms with Gasteiger partial charge in [-0.25, -0.2) is 0 Å². The van der Waals surface area contributed by atoms with Gasteiger partial charge in [-0.2, -0.15) is 0 Å². The lowest BCUT2D eigenvalue weighted by molar-refractivity contribution is -0.138. The van der Waals surface area contributed by atoms with Gasteiger partial charge in [0.25, 0.3) is 0 Å². The first-order chi connectivity index (χ1) is 13.7. The minimum atomic E-state index is -1.25. The third-order valence-electron chi connectivity index (χ3n) is 4.18. The number of aliphatic imine (C=N–C) groups is 1. The number of aliphatic carboxylic acids is 1. The molecular weight excluding hydrogens is 386 g/mol. The Morgan fingerprint density at radius 2 is 1.86 bits per heavy atom. The van der Waals surface area contributed by atoms with Crippen LogP contribution in [0.1, 0.15) is 25.7 Å². The Bertz CT molecular complexity index is 617. The Hall–Kier alpha value is -2.93. The van der Waals surface area contributed by atoms with Crippen LogP contribution in [0.3, 0.4) is 0 Å². The Morgan fingerprint density at radius 3 is 2.41 bits per heavy atom. The molecule has 0 unspecified atom stereocenters. The minimum Gasteiger partial charge on any atom is -0.480 e. The monoisotopic (exact) mass is 415 g/mol. The summed E-state index contributed by atoms with van der Waals surface area (Å²) in [5, 5.41) is 28.2. The highest BCUT2D eigenvalue weighted by molar-refractivity contribution is 5.93. The molecule has 0 aromatic heterocycles. The van der Waals surface area contributed by atoms with Crippen LogP contribution in [0.2, 0.25) is 0 Å². The standard InChI is InChI=1S/C16H29N7O6/c17-16(18)20-6-2-4-10(13(27)21-7-12(25)26)22-15(29)11(8-24)23-14(28)9-3-1-5-19-9/h9-11,19,24H,1-8H2,(H,21,27)(H,22,29)(H,23,28)(H,25,26)(H4,17,18,20)/t9-,10-,11-/m0/s1. The summed E-state index contributed by atoms with van der Waals surface area (Å²) < 4.78 is 0. The van der Waals surface area contributed by atoms with E-state index < -0.39 is 55.0 Å². The first-order valence-electron chi connectivity index (χ1n) is 9.24. The third kappa shape index (κ3) is 9.21. The van der Waals surface area contributed by atoms with Crippen LogP contribution in [-0.2, 0) is 19.2 Å². The van der Waals surface area contributed by atoms with Gasteiger partial charge in [0.15, 0.2) is 5.96 Å². The van der Waals surface area contributed by atoms with Gasteiger partial charge in [0, 0.05) is 6.54 Å². The van der Waals surface area contributed by atoms with Crippen molar-refractivity contribution < 1.29 is 29.4 Å². The van der Waals surface area contributed by atoms with Gasteiger partial charge in [0.05, 0.1) is 12.6 Å². The fourth-order valence-corrected chi connectivity index (χ4v) is 2.71. The number of aliphatic hydroxyl groups excluding tert-OH is 1. The van der Waals surface area contributed by atoms with Crippen molar-refractivity contribution in [2.45, 2.75) is 43.8 Å². The van der Waals surface area contributed by atoms with Crippen molar-refractivity contribution in [1.82, 2.24) is 21.3 Å². The molecule has 0 aromatic carbocycles. The van der Waals surface area contributed by atoms with Crippen LogP contribution in [0.5, 0.6) is 0 Å². The van der Waals surface area contributed by atoms with E-state index in [1.54, 1.807) is 0 Å². The van der Waals surface area contributed by atoms with Gasteiger partial charge in [0.1, 0.15) is 18.6 Å². The molecule has 10 N–H and O–H groups in total. The number of hydrogen-bond acceptors (Lipinski definition) is 7. The van der Waals surface area contributed by atoms with Crippen LogP contribution in [0.4, 0.5) is 0 Å². The zero-order valence-corrected chi connectivity index (χ0v) is 16.0. The van der Waals surface area contributed by atoms with Gasteiger partial charge in [-0.1, -0.05) is 0 Å². The molecule has 3 amide bonds. The highest BCUT2D eigenvalue weighted by atomic mass is 16.4. The van der Waals surface area contributed by atoms with Gasteiger partial charge >= 0.3 is 5.97 Å². The fourth-order valence-electron chi connectivity index (χ4n) is 2.71. The van der Waals surface area contributed by atoms with Crippen LogP contribution in [0.15, 0.2) is 4.99 Å². The number of nitrogens with two attached hydrogens (primary N) is 2. The van der Waals surface area contributed by atoms with E-state index in [-0.39, 0.29) is 18.9 Å². The van der Waals surface area contributed by atoms with Crippen molar-refractivity contribution in [3.05, 3.63) is 0 Å². The molecule has 1 rings (SSSR count). The average molecular weight is 415 g/mol. The van der Waals surface area contributed by atoms with Gasteiger partial charge in [-0.3, -0.25) is 24.2 Å². The first kappa shape index (κ1) is 24.1. The van der Waals surface area contributed by atoms with Crippen molar-refractivity contribution in [1.29, 1.82) is 0 Å². The highest BCUT2D eigenvalue weighted by Crippen LogP contribution is 2.05. The molecule has 3 atom stereocenters. The topological polar surface area (TPSA) is 221 Å². The van der Waals surface area contributed by atoms with E-state index >= 15 is 0 Å². The molecule has 1 saturated heterocycles. The molecule has 1 heterocycles. The van der Waals surface area contributed by atoms with Crippen LogP contribution < -0.4 is 32.7 Å². The molecule has 0 bridgehead atoms. The summed E-state index contributed by atoms with van der Waals surface area (Å²) in [6, 6.07) is -2.78. The lowest BCUT2D eigenvalue weighted by Crippen LogP contribution is -2.57. The fraction of sp³-hybridized carbons (Fsp3) is 0.688. The Balaban J connectivity index is 2.69. The molecule has 1 fully saturated rings. The smallest absolute Gasteiger partial charge is 0.322 e. The molecular formula is C16H29N7O6. The summed E-state index contributed by atoms with van der Waals surface area (Å²) in [4.78, 5) is 51.2. The van der Waals surface area contributed by atoms with E-state index in [1.165, 1.54) is 0 Å². The van der Waals surface area contributed by atoms with Gasteiger partial charge < -0.3 is 42.9 Å². The molecule has 0 aromatic rings. The quantitative estimate of drug-likeness (QED) is 0.0881. The average Bonchev–Trinajstić information content (AvgIpc) is 3.20. The molecule has 29 heavy (non-hydrogen) atoms. The normalized spacial score (nSPS) is 17.6. The summed E-state index contributed by atoms with van der Waals surface area (Å²) in [6.07, 6.45) is 1.89. The summed E-state index contributed by atoms with van der Waals surface area (Å²) in [7, 11) is 0. The maximum Gasteiger partial charge on any atom is 0.322 e. The van der Waals surface area contributed by atoms with Gasteiger partial charge in [-0.15, -0.1) is 0 Å². The number of guanidine groups is 1. The number of nitrogens with zero attached hydrogens (tertiary/aromatic N) is 1. The van der Waals surface area contributed by atoms with E-state index in [9.17, 15) is 24.3 Å². The number of aliphatic hydroxyl groups is 1. The predicted molar refractivity (Wildman–Crippen MR) is 103 cm³/mol. The second kappa shape index (κ2) is 12.5. The molecule has 1 aliphatic rings. The zero-order chi connectivity index (χ0) is 21.8. The summed E-state index contributed by atoms with van der Waals surface area (Å²) in [5.74, 6) is -3.27. The van der Waals surface area contributed by atoms with Crippen LogP contribution in [-0.4, -0.2) is 84.2 Å². The van der Waals surface area contributed by atoms with Crippen molar-refractivity contribution in [2.24, 2.45) is 16.5 Å².